The normalized spacial score (nSPS) is 10.1. The maximum atomic E-state index is 11.3. The third kappa shape index (κ3) is 6.91. The third-order valence-electron chi connectivity index (χ3n) is 2.27. The lowest BCUT2D eigenvalue weighted by molar-refractivity contribution is -0.144. The van der Waals surface area contributed by atoms with Crippen LogP contribution in [0.5, 0.6) is 0 Å². The Balaban J connectivity index is 2.00. The van der Waals surface area contributed by atoms with Crippen LogP contribution in [0.3, 0.4) is 0 Å². The molecule has 0 aliphatic heterocycles. The first-order chi connectivity index (χ1) is 8.83. The van der Waals surface area contributed by atoms with Crippen LogP contribution in [0, 0.1) is 0 Å². The number of ether oxygens (including phenoxy) is 2. The van der Waals surface area contributed by atoms with E-state index in [2.05, 4.69) is 5.32 Å². The quantitative estimate of drug-likeness (QED) is 0.541. The second-order valence-electron chi connectivity index (χ2n) is 3.88. The Labute approximate surface area is 108 Å². The number of nitrogens with one attached hydrogen (secondary N) is 1. The highest BCUT2D eigenvalue weighted by Crippen LogP contribution is 2.04. The van der Waals surface area contributed by atoms with E-state index in [0.29, 0.717) is 32.8 Å². The summed E-state index contributed by atoms with van der Waals surface area (Å²) >= 11 is 0. The number of carbonyl (C=O) groups is 1. The molecule has 0 amide bonds. The summed E-state index contributed by atoms with van der Waals surface area (Å²) in [5.74, 6) is -0.196. The fourth-order valence-electron chi connectivity index (χ4n) is 1.40. The zero-order valence-corrected chi connectivity index (χ0v) is 10.9. The van der Waals surface area contributed by atoms with Gasteiger partial charge in [-0.15, -0.1) is 0 Å². The Hall–Kier alpha value is -1.55. The number of rotatable bonds is 9. The van der Waals surface area contributed by atoms with E-state index >= 15 is 0 Å². The molecule has 0 heterocycles. The summed E-state index contributed by atoms with van der Waals surface area (Å²) in [6.45, 7) is 4.16. The summed E-state index contributed by atoms with van der Waals surface area (Å²) in [5, 5.41) is 3.15. The van der Waals surface area contributed by atoms with Gasteiger partial charge < -0.3 is 14.8 Å². The molecular weight excluding hydrogens is 230 g/mol. The molecule has 1 aromatic rings. The Morgan fingerprint density at radius 2 is 1.94 bits per heavy atom. The number of para-hydroxylation sites is 1. The van der Waals surface area contributed by atoms with Gasteiger partial charge in [-0.3, -0.25) is 4.79 Å². The second-order valence-corrected chi connectivity index (χ2v) is 3.88. The molecule has 0 spiro atoms. The van der Waals surface area contributed by atoms with Gasteiger partial charge in [0.2, 0.25) is 0 Å². The molecule has 4 heteroatoms. The number of benzene rings is 1. The Morgan fingerprint density at radius 1 is 1.17 bits per heavy atom. The molecule has 0 bridgehead atoms. The average Bonchev–Trinajstić information content (AvgIpc) is 2.40. The van der Waals surface area contributed by atoms with Crippen LogP contribution in [0.2, 0.25) is 0 Å². The molecule has 0 fully saturated rings. The van der Waals surface area contributed by atoms with Gasteiger partial charge in [0.1, 0.15) is 6.61 Å². The smallest absolute Gasteiger partial charge is 0.307 e. The van der Waals surface area contributed by atoms with E-state index in [4.69, 9.17) is 9.47 Å². The Morgan fingerprint density at radius 3 is 2.67 bits per heavy atom. The Kier molecular flexibility index (Phi) is 7.64. The average molecular weight is 251 g/mol. The molecular formula is C14H21NO3. The van der Waals surface area contributed by atoms with Crippen LogP contribution in [-0.4, -0.2) is 32.3 Å². The fraction of sp³-hybridized carbons (Fsp3) is 0.500. The summed E-state index contributed by atoms with van der Waals surface area (Å²) < 4.78 is 10.2. The van der Waals surface area contributed by atoms with Gasteiger partial charge in [0, 0.05) is 18.8 Å². The second kappa shape index (κ2) is 9.48. The zero-order valence-electron chi connectivity index (χ0n) is 10.9. The Bertz CT molecular complexity index is 327. The molecule has 100 valence electrons. The molecule has 1 aromatic carbocycles. The molecule has 0 aromatic heterocycles. The van der Waals surface area contributed by atoms with Crippen molar-refractivity contribution in [3.8, 4) is 0 Å². The number of carbonyl (C=O) groups excluding carboxylic acids is 1. The number of anilines is 1. The van der Waals surface area contributed by atoms with Gasteiger partial charge >= 0.3 is 5.97 Å². The molecule has 18 heavy (non-hydrogen) atoms. The van der Waals surface area contributed by atoms with Crippen LogP contribution in [0.25, 0.3) is 0 Å². The van der Waals surface area contributed by atoms with E-state index in [1.54, 1.807) is 0 Å². The topological polar surface area (TPSA) is 47.6 Å². The van der Waals surface area contributed by atoms with Crippen molar-refractivity contribution in [3.05, 3.63) is 30.3 Å². The minimum Gasteiger partial charge on any atom is -0.463 e. The van der Waals surface area contributed by atoms with Crippen LogP contribution in [0.1, 0.15) is 19.8 Å². The van der Waals surface area contributed by atoms with Gasteiger partial charge in [-0.05, 0) is 18.6 Å². The van der Waals surface area contributed by atoms with E-state index in [0.717, 1.165) is 12.1 Å². The summed E-state index contributed by atoms with van der Waals surface area (Å²) in [5.41, 5.74) is 1.01. The van der Waals surface area contributed by atoms with Crippen molar-refractivity contribution < 1.29 is 14.3 Å². The SMILES string of the molecule is CCCOCCOC(=O)CCNc1ccccc1. The number of esters is 1. The van der Waals surface area contributed by atoms with Gasteiger partial charge in [-0.1, -0.05) is 25.1 Å². The molecule has 0 aliphatic rings. The van der Waals surface area contributed by atoms with E-state index in [1.807, 2.05) is 37.3 Å². The molecule has 0 saturated heterocycles. The molecule has 0 radical (unpaired) electrons. The summed E-state index contributed by atoms with van der Waals surface area (Å²) in [4.78, 5) is 11.3. The van der Waals surface area contributed by atoms with Gasteiger partial charge in [0.25, 0.3) is 0 Å². The van der Waals surface area contributed by atoms with Gasteiger partial charge in [0.15, 0.2) is 0 Å². The first-order valence-corrected chi connectivity index (χ1v) is 6.35. The van der Waals surface area contributed by atoms with Crippen molar-refractivity contribution in [2.75, 3.05) is 31.7 Å². The zero-order chi connectivity index (χ0) is 13.1. The van der Waals surface area contributed by atoms with Crippen molar-refractivity contribution in [2.45, 2.75) is 19.8 Å². The highest BCUT2D eigenvalue weighted by atomic mass is 16.6. The summed E-state index contributed by atoms with van der Waals surface area (Å²) in [7, 11) is 0. The minimum absolute atomic E-state index is 0.196. The first kappa shape index (κ1) is 14.5. The highest BCUT2D eigenvalue weighted by Gasteiger charge is 2.01. The van der Waals surface area contributed by atoms with Crippen molar-refractivity contribution in [2.24, 2.45) is 0 Å². The van der Waals surface area contributed by atoms with Crippen LogP contribution < -0.4 is 5.32 Å². The van der Waals surface area contributed by atoms with E-state index in [-0.39, 0.29) is 5.97 Å². The number of hydrogen-bond donors (Lipinski definition) is 1. The van der Waals surface area contributed by atoms with E-state index in [9.17, 15) is 4.79 Å². The summed E-state index contributed by atoms with van der Waals surface area (Å²) in [6, 6.07) is 9.78. The maximum absolute atomic E-state index is 11.3. The third-order valence-corrected chi connectivity index (χ3v) is 2.27. The monoisotopic (exact) mass is 251 g/mol. The molecule has 1 rings (SSSR count). The minimum atomic E-state index is -0.196. The van der Waals surface area contributed by atoms with Crippen molar-refractivity contribution in [1.29, 1.82) is 0 Å². The van der Waals surface area contributed by atoms with Crippen LogP contribution in [-0.2, 0) is 14.3 Å². The molecule has 0 unspecified atom stereocenters. The predicted molar refractivity (Wildman–Crippen MR) is 71.6 cm³/mol. The van der Waals surface area contributed by atoms with Crippen LogP contribution in [0.15, 0.2) is 30.3 Å². The van der Waals surface area contributed by atoms with Crippen LogP contribution in [0.4, 0.5) is 5.69 Å². The van der Waals surface area contributed by atoms with E-state index < -0.39 is 0 Å². The van der Waals surface area contributed by atoms with Crippen molar-refractivity contribution in [1.82, 2.24) is 0 Å². The van der Waals surface area contributed by atoms with Crippen molar-refractivity contribution >= 4 is 11.7 Å². The number of hydrogen-bond acceptors (Lipinski definition) is 4. The van der Waals surface area contributed by atoms with Gasteiger partial charge in [-0.25, -0.2) is 0 Å². The lowest BCUT2D eigenvalue weighted by Crippen LogP contribution is -2.14. The first-order valence-electron chi connectivity index (χ1n) is 6.35. The largest absolute Gasteiger partial charge is 0.463 e. The fourth-order valence-corrected chi connectivity index (χ4v) is 1.40. The lowest BCUT2D eigenvalue weighted by Gasteiger charge is -2.07. The molecule has 0 aliphatic carbocycles. The molecule has 1 N–H and O–H groups in total. The van der Waals surface area contributed by atoms with E-state index in [1.165, 1.54) is 0 Å². The predicted octanol–water partition coefficient (Wildman–Crippen LogP) is 2.46. The summed E-state index contributed by atoms with van der Waals surface area (Å²) in [6.07, 6.45) is 1.34. The van der Waals surface area contributed by atoms with Crippen molar-refractivity contribution in [3.63, 3.8) is 0 Å². The standard InChI is InChI=1S/C14H21NO3/c1-2-10-17-11-12-18-14(16)8-9-15-13-6-4-3-5-7-13/h3-7,15H,2,8-12H2,1H3. The van der Waals surface area contributed by atoms with Gasteiger partial charge in [0.05, 0.1) is 13.0 Å². The van der Waals surface area contributed by atoms with Crippen LogP contribution >= 0.6 is 0 Å². The maximum Gasteiger partial charge on any atom is 0.307 e. The molecule has 0 atom stereocenters. The lowest BCUT2D eigenvalue weighted by atomic mass is 10.3. The molecule has 0 saturated carbocycles. The molecule has 4 nitrogen and oxygen atoms in total. The van der Waals surface area contributed by atoms with Gasteiger partial charge in [-0.2, -0.15) is 0 Å². The highest BCUT2D eigenvalue weighted by molar-refractivity contribution is 5.70.